The second-order valence-corrected chi connectivity index (χ2v) is 4.29. The Morgan fingerprint density at radius 2 is 2.06 bits per heavy atom. The second-order valence-electron chi connectivity index (χ2n) is 4.29. The summed E-state index contributed by atoms with van der Waals surface area (Å²) < 4.78 is 0. The van der Waals surface area contributed by atoms with Gasteiger partial charge >= 0.3 is 5.97 Å². The maximum Gasteiger partial charge on any atom is 0.309 e. The van der Waals surface area contributed by atoms with Crippen LogP contribution in [0.2, 0.25) is 0 Å². The van der Waals surface area contributed by atoms with Crippen molar-refractivity contribution >= 4 is 11.9 Å². The number of amides is 1. The van der Waals surface area contributed by atoms with Crippen molar-refractivity contribution in [3.63, 3.8) is 0 Å². The van der Waals surface area contributed by atoms with Gasteiger partial charge in [-0.15, -0.1) is 0 Å². The van der Waals surface area contributed by atoms with Crippen LogP contribution >= 0.6 is 0 Å². The highest BCUT2D eigenvalue weighted by Gasteiger charge is 2.38. The molecule has 4 heteroatoms. The van der Waals surface area contributed by atoms with Gasteiger partial charge in [0.05, 0.1) is 12.0 Å². The molecular weight excluding hydrogens is 218 g/mol. The molecule has 1 amide bonds. The molecule has 0 aliphatic carbocycles. The maximum absolute atomic E-state index is 11.3. The van der Waals surface area contributed by atoms with E-state index in [1.165, 1.54) is 5.56 Å². The average molecular weight is 233 g/mol. The molecule has 0 radical (unpaired) electrons. The summed E-state index contributed by atoms with van der Waals surface area (Å²) in [6.45, 7) is 2.06. The highest BCUT2D eigenvalue weighted by molar-refractivity contribution is 5.87. The summed E-state index contributed by atoms with van der Waals surface area (Å²) in [5.74, 6) is -1.77. The summed E-state index contributed by atoms with van der Waals surface area (Å²) >= 11 is 0. The van der Waals surface area contributed by atoms with Crippen LogP contribution in [0.1, 0.15) is 30.5 Å². The number of aryl methyl sites for hydroxylation is 1. The van der Waals surface area contributed by atoms with Crippen LogP contribution in [0.3, 0.4) is 0 Å². The normalized spacial score (nSPS) is 23.5. The van der Waals surface area contributed by atoms with E-state index in [9.17, 15) is 9.59 Å². The number of carboxylic acid groups (broad SMARTS) is 1. The molecule has 2 rings (SSSR count). The molecule has 1 saturated heterocycles. The molecule has 0 bridgehead atoms. The number of carbonyl (C=O) groups excluding carboxylic acids is 1. The van der Waals surface area contributed by atoms with Gasteiger partial charge in [-0.05, 0) is 17.5 Å². The van der Waals surface area contributed by atoms with Crippen LogP contribution in [0.15, 0.2) is 24.3 Å². The molecule has 2 atom stereocenters. The molecule has 2 N–H and O–H groups in total. The van der Waals surface area contributed by atoms with Crippen molar-refractivity contribution < 1.29 is 14.7 Å². The van der Waals surface area contributed by atoms with Gasteiger partial charge in [0.1, 0.15) is 0 Å². The summed E-state index contributed by atoms with van der Waals surface area (Å²) in [6.07, 6.45) is 1.01. The van der Waals surface area contributed by atoms with Gasteiger partial charge < -0.3 is 10.4 Å². The van der Waals surface area contributed by atoms with Gasteiger partial charge in [0.2, 0.25) is 5.91 Å². The van der Waals surface area contributed by atoms with E-state index in [2.05, 4.69) is 12.2 Å². The molecule has 4 nitrogen and oxygen atoms in total. The zero-order valence-electron chi connectivity index (χ0n) is 9.64. The number of benzene rings is 1. The zero-order chi connectivity index (χ0) is 12.4. The number of nitrogens with one attached hydrogen (secondary N) is 1. The van der Waals surface area contributed by atoms with Gasteiger partial charge in [-0.25, -0.2) is 0 Å². The van der Waals surface area contributed by atoms with Crippen molar-refractivity contribution in [3.05, 3.63) is 35.4 Å². The summed E-state index contributed by atoms with van der Waals surface area (Å²) in [6, 6.07) is 7.33. The Labute approximate surface area is 99.6 Å². The van der Waals surface area contributed by atoms with Crippen LogP contribution in [0, 0.1) is 5.92 Å². The Hall–Kier alpha value is -1.84. The first-order valence-electron chi connectivity index (χ1n) is 5.73. The van der Waals surface area contributed by atoms with E-state index in [-0.39, 0.29) is 12.3 Å². The topological polar surface area (TPSA) is 66.4 Å². The van der Waals surface area contributed by atoms with Gasteiger partial charge in [0, 0.05) is 6.42 Å². The Morgan fingerprint density at radius 3 is 2.59 bits per heavy atom. The lowest BCUT2D eigenvalue weighted by atomic mass is 9.93. The predicted molar refractivity (Wildman–Crippen MR) is 62.4 cm³/mol. The van der Waals surface area contributed by atoms with Crippen molar-refractivity contribution in [1.29, 1.82) is 0 Å². The van der Waals surface area contributed by atoms with Crippen LogP contribution in [0.5, 0.6) is 0 Å². The van der Waals surface area contributed by atoms with Gasteiger partial charge in [-0.3, -0.25) is 9.59 Å². The molecule has 17 heavy (non-hydrogen) atoms. The summed E-state index contributed by atoms with van der Waals surface area (Å²) in [5, 5.41) is 11.8. The third-order valence-electron chi connectivity index (χ3n) is 3.19. The molecule has 1 aliphatic rings. The number of aliphatic carboxylic acids is 1. The van der Waals surface area contributed by atoms with Gasteiger partial charge in [-0.2, -0.15) is 0 Å². The highest BCUT2D eigenvalue weighted by Crippen LogP contribution is 2.30. The number of carboxylic acids is 1. The number of rotatable bonds is 3. The minimum atomic E-state index is -0.923. The van der Waals surface area contributed by atoms with Crippen LogP contribution in [-0.4, -0.2) is 17.0 Å². The van der Waals surface area contributed by atoms with Crippen molar-refractivity contribution in [2.75, 3.05) is 0 Å². The fourth-order valence-corrected chi connectivity index (χ4v) is 2.16. The molecule has 1 fully saturated rings. The average Bonchev–Trinajstić information content (AvgIpc) is 2.72. The van der Waals surface area contributed by atoms with Crippen molar-refractivity contribution in [2.45, 2.75) is 25.8 Å². The molecule has 0 spiro atoms. The molecule has 0 saturated carbocycles. The smallest absolute Gasteiger partial charge is 0.309 e. The molecular formula is C13H15NO3. The molecule has 1 aliphatic heterocycles. The molecule has 90 valence electrons. The maximum atomic E-state index is 11.3. The number of carbonyl (C=O) groups is 2. The first kappa shape index (κ1) is 11.6. The fourth-order valence-electron chi connectivity index (χ4n) is 2.16. The molecule has 2 unspecified atom stereocenters. The zero-order valence-corrected chi connectivity index (χ0v) is 9.64. The Morgan fingerprint density at radius 1 is 1.41 bits per heavy atom. The fraction of sp³-hybridized carbons (Fsp3) is 0.385. The minimum Gasteiger partial charge on any atom is -0.481 e. The van der Waals surface area contributed by atoms with Crippen LogP contribution < -0.4 is 5.32 Å². The van der Waals surface area contributed by atoms with E-state index >= 15 is 0 Å². The predicted octanol–water partition coefficient (Wildman–Crippen LogP) is 1.51. The van der Waals surface area contributed by atoms with E-state index < -0.39 is 17.9 Å². The second kappa shape index (κ2) is 4.57. The summed E-state index contributed by atoms with van der Waals surface area (Å²) in [7, 11) is 0. The lowest BCUT2D eigenvalue weighted by Crippen LogP contribution is -2.24. The van der Waals surface area contributed by atoms with Crippen molar-refractivity contribution in [1.82, 2.24) is 5.32 Å². The van der Waals surface area contributed by atoms with Gasteiger partial charge in [0.15, 0.2) is 0 Å². The third kappa shape index (κ3) is 2.30. The standard InChI is InChI=1S/C13H15NO3/c1-2-8-3-5-9(6-4-8)12-10(13(16)17)7-11(15)14-12/h3-6,10,12H,2,7H2,1H3,(H,14,15)(H,16,17). The summed E-state index contributed by atoms with van der Waals surface area (Å²) in [4.78, 5) is 22.4. The summed E-state index contributed by atoms with van der Waals surface area (Å²) in [5.41, 5.74) is 2.06. The van der Waals surface area contributed by atoms with E-state index in [1.807, 2.05) is 24.3 Å². The van der Waals surface area contributed by atoms with Crippen LogP contribution in [0.25, 0.3) is 0 Å². The van der Waals surface area contributed by atoms with Crippen molar-refractivity contribution in [2.24, 2.45) is 5.92 Å². The Bertz CT molecular complexity index is 438. The third-order valence-corrected chi connectivity index (χ3v) is 3.19. The highest BCUT2D eigenvalue weighted by atomic mass is 16.4. The van der Waals surface area contributed by atoms with E-state index in [0.29, 0.717) is 0 Å². The van der Waals surface area contributed by atoms with E-state index in [1.54, 1.807) is 0 Å². The Balaban J connectivity index is 2.25. The Kier molecular flexibility index (Phi) is 3.13. The molecule has 1 aromatic carbocycles. The van der Waals surface area contributed by atoms with E-state index in [4.69, 9.17) is 5.11 Å². The van der Waals surface area contributed by atoms with E-state index in [0.717, 1.165) is 12.0 Å². The lowest BCUT2D eigenvalue weighted by molar-refractivity contribution is -0.142. The SMILES string of the molecule is CCc1ccc(C2NC(=O)CC2C(=O)O)cc1. The quantitative estimate of drug-likeness (QED) is 0.831. The van der Waals surface area contributed by atoms with Crippen LogP contribution in [0.4, 0.5) is 0 Å². The molecule has 0 aromatic heterocycles. The van der Waals surface area contributed by atoms with Gasteiger partial charge in [-0.1, -0.05) is 31.2 Å². The molecule has 1 heterocycles. The largest absolute Gasteiger partial charge is 0.481 e. The monoisotopic (exact) mass is 233 g/mol. The lowest BCUT2D eigenvalue weighted by Gasteiger charge is -2.16. The first-order chi connectivity index (χ1) is 8.11. The number of hydrogen-bond donors (Lipinski definition) is 2. The van der Waals surface area contributed by atoms with Crippen LogP contribution in [-0.2, 0) is 16.0 Å². The number of hydrogen-bond acceptors (Lipinski definition) is 2. The molecule has 1 aromatic rings. The first-order valence-corrected chi connectivity index (χ1v) is 5.73. The minimum absolute atomic E-state index is 0.0650. The van der Waals surface area contributed by atoms with Gasteiger partial charge in [0.25, 0.3) is 0 Å². The van der Waals surface area contributed by atoms with Crippen molar-refractivity contribution in [3.8, 4) is 0 Å².